The van der Waals surface area contributed by atoms with Crippen molar-refractivity contribution in [1.29, 1.82) is 0 Å². The van der Waals surface area contributed by atoms with Gasteiger partial charge in [-0.05, 0) is 31.1 Å². The van der Waals surface area contributed by atoms with Crippen LogP contribution in [0.15, 0.2) is 4.99 Å². The van der Waals surface area contributed by atoms with Crippen LogP contribution >= 0.6 is 0 Å². The molecule has 3 nitrogen and oxygen atoms in total. The van der Waals surface area contributed by atoms with Gasteiger partial charge in [0.1, 0.15) is 0 Å². The SMILES string of the molecule is CN(C(N)=N[C@@H]1C[C@H]1C1CCCCC1)C1CC1. The number of rotatable bonds is 3. The van der Waals surface area contributed by atoms with E-state index in [1.54, 1.807) is 0 Å². The highest BCUT2D eigenvalue weighted by Gasteiger charge is 2.43. The predicted octanol–water partition coefficient (Wildman–Crippen LogP) is 2.36. The quantitative estimate of drug-likeness (QED) is 0.602. The first-order valence-corrected chi connectivity index (χ1v) is 7.32. The van der Waals surface area contributed by atoms with Gasteiger partial charge in [-0.15, -0.1) is 0 Å². The van der Waals surface area contributed by atoms with Gasteiger partial charge in [-0.3, -0.25) is 0 Å². The smallest absolute Gasteiger partial charge is 0.191 e. The van der Waals surface area contributed by atoms with Gasteiger partial charge >= 0.3 is 0 Å². The Hall–Kier alpha value is -0.730. The lowest BCUT2D eigenvalue weighted by Gasteiger charge is -2.21. The van der Waals surface area contributed by atoms with Crippen LogP contribution in [-0.4, -0.2) is 30.0 Å². The minimum Gasteiger partial charge on any atom is -0.370 e. The van der Waals surface area contributed by atoms with Crippen LogP contribution < -0.4 is 5.73 Å². The number of hydrogen-bond donors (Lipinski definition) is 1. The van der Waals surface area contributed by atoms with E-state index in [-0.39, 0.29) is 0 Å². The Balaban J connectivity index is 1.51. The number of guanidine groups is 1. The van der Waals surface area contributed by atoms with Crippen LogP contribution in [0.1, 0.15) is 51.4 Å². The predicted molar refractivity (Wildman–Crippen MR) is 70.9 cm³/mol. The Kier molecular flexibility index (Phi) is 3.01. The molecule has 0 aromatic rings. The molecule has 3 aliphatic carbocycles. The number of hydrogen-bond acceptors (Lipinski definition) is 1. The van der Waals surface area contributed by atoms with Crippen molar-refractivity contribution in [3.05, 3.63) is 0 Å². The van der Waals surface area contributed by atoms with Crippen LogP contribution in [0.5, 0.6) is 0 Å². The molecule has 0 aromatic carbocycles. The van der Waals surface area contributed by atoms with E-state index in [9.17, 15) is 0 Å². The lowest BCUT2D eigenvalue weighted by atomic mass is 9.85. The summed E-state index contributed by atoms with van der Waals surface area (Å²) in [5, 5.41) is 0. The second kappa shape index (κ2) is 4.51. The first-order valence-electron chi connectivity index (χ1n) is 7.32. The van der Waals surface area contributed by atoms with Gasteiger partial charge in [-0.1, -0.05) is 32.1 Å². The van der Waals surface area contributed by atoms with E-state index in [0.29, 0.717) is 12.1 Å². The molecule has 2 atom stereocenters. The average Bonchev–Trinajstić information content (AvgIpc) is 3.23. The first kappa shape index (κ1) is 11.4. The van der Waals surface area contributed by atoms with Crippen molar-refractivity contribution in [2.75, 3.05) is 7.05 Å². The van der Waals surface area contributed by atoms with Gasteiger partial charge in [0.2, 0.25) is 0 Å². The molecule has 3 heteroatoms. The van der Waals surface area contributed by atoms with Crippen LogP contribution in [-0.2, 0) is 0 Å². The maximum atomic E-state index is 6.07. The van der Waals surface area contributed by atoms with Crippen LogP contribution in [0.2, 0.25) is 0 Å². The second-order valence-electron chi connectivity index (χ2n) is 6.19. The maximum absolute atomic E-state index is 6.07. The van der Waals surface area contributed by atoms with Gasteiger partial charge in [0.25, 0.3) is 0 Å². The minimum atomic E-state index is 0.555. The van der Waals surface area contributed by atoms with Gasteiger partial charge in [-0.2, -0.15) is 0 Å². The van der Waals surface area contributed by atoms with E-state index in [2.05, 4.69) is 11.9 Å². The highest BCUT2D eigenvalue weighted by molar-refractivity contribution is 5.78. The van der Waals surface area contributed by atoms with Crippen molar-refractivity contribution >= 4 is 5.96 Å². The molecular weight excluding hydrogens is 210 g/mol. The lowest BCUT2D eigenvalue weighted by molar-refractivity contribution is 0.318. The van der Waals surface area contributed by atoms with Gasteiger partial charge in [0.15, 0.2) is 5.96 Å². The van der Waals surface area contributed by atoms with E-state index in [0.717, 1.165) is 17.8 Å². The fourth-order valence-corrected chi connectivity index (χ4v) is 3.33. The van der Waals surface area contributed by atoms with Crippen molar-refractivity contribution in [2.45, 2.75) is 63.5 Å². The van der Waals surface area contributed by atoms with Crippen molar-refractivity contribution in [2.24, 2.45) is 22.6 Å². The van der Waals surface area contributed by atoms with E-state index < -0.39 is 0 Å². The van der Waals surface area contributed by atoms with Crippen LogP contribution in [0.25, 0.3) is 0 Å². The van der Waals surface area contributed by atoms with Crippen molar-refractivity contribution in [1.82, 2.24) is 4.90 Å². The summed E-state index contributed by atoms with van der Waals surface area (Å²) >= 11 is 0. The Morgan fingerprint density at radius 2 is 1.82 bits per heavy atom. The zero-order valence-electron chi connectivity index (χ0n) is 10.9. The summed E-state index contributed by atoms with van der Waals surface area (Å²) in [4.78, 5) is 6.90. The highest BCUT2D eigenvalue weighted by Crippen LogP contribution is 2.46. The second-order valence-corrected chi connectivity index (χ2v) is 6.19. The zero-order chi connectivity index (χ0) is 11.8. The molecule has 0 bridgehead atoms. The molecular formula is C14H25N3. The Labute approximate surface area is 104 Å². The van der Waals surface area contributed by atoms with E-state index in [1.807, 2.05) is 0 Å². The average molecular weight is 235 g/mol. The van der Waals surface area contributed by atoms with E-state index in [1.165, 1.54) is 51.4 Å². The standard InChI is InChI=1S/C14H25N3/c1-17(11-7-8-11)14(15)16-13-9-12(13)10-5-3-2-4-6-10/h10-13H,2-9H2,1H3,(H2,15,16)/t12-,13+/m0/s1. The summed E-state index contributed by atoms with van der Waals surface area (Å²) in [6.07, 6.45) is 11.1. The van der Waals surface area contributed by atoms with Crippen LogP contribution in [0, 0.1) is 11.8 Å². The summed E-state index contributed by atoms with van der Waals surface area (Å²) in [5.41, 5.74) is 6.07. The monoisotopic (exact) mass is 235 g/mol. The van der Waals surface area contributed by atoms with E-state index in [4.69, 9.17) is 10.7 Å². The minimum absolute atomic E-state index is 0.555. The normalized spacial score (nSPS) is 34.8. The van der Waals surface area contributed by atoms with E-state index >= 15 is 0 Å². The molecule has 17 heavy (non-hydrogen) atoms. The largest absolute Gasteiger partial charge is 0.370 e. The highest BCUT2D eigenvalue weighted by atomic mass is 15.3. The molecule has 0 unspecified atom stereocenters. The van der Waals surface area contributed by atoms with Gasteiger partial charge in [0.05, 0.1) is 6.04 Å². The molecule has 0 radical (unpaired) electrons. The number of aliphatic imine (C=N–C) groups is 1. The summed E-state index contributed by atoms with van der Waals surface area (Å²) in [6.45, 7) is 0. The molecule has 3 saturated carbocycles. The topological polar surface area (TPSA) is 41.6 Å². The van der Waals surface area contributed by atoms with Crippen molar-refractivity contribution < 1.29 is 0 Å². The molecule has 0 aliphatic heterocycles. The molecule has 0 spiro atoms. The molecule has 3 aliphatic rings. The molecule has 0 saturated heterocycles. The van der Waals surface area contributed by atoms with Gasteiger partial charge in [0, 0.05) is 13.1 Å². The lowest BCUT2D eigenvalue weighted by Crippen LogP contribution is -2.36. The molecule has 0 amide bonds. The van der Waals surface area contributed by atoms with Crippen molar-refractivity contribution in [3.63, 3.8) is 0 Å². The summed E-state index contributed by atoms with van der Waals surface area (Å²) in [5.74, 6) is 2.61. The molecule has 96 valence electrons. The summed E-state index contributed by atoms with van der Waals surface area (Å²) in [7, 11) is 2.09. The van der Waals surface area contributed by atoms with Crippen molar-refractivity contribution in [3.8, 4) is 0 Å². The number of nitrogens with two attached hydrogens (primary N) is 1. The molecule has 3 rings (SSSR count). The third-order valence-electron chi connectivity index (χ3n) is 4.81. The summed E-state index contributed by atoms with van der Waals surface area (Å²) in [6, 6.07) is 1.24. The molecule has 3 fully saturated rings. The number of nitrogens with zero attached hydrogens (tertiary/aromatic N) is 2. The van der Waals surface area contributed by atoms with Gasteiger partial charge < -0.3 is 10.6 Å². The fourth-order valence-electron chi connectivity index (χ4n) is 3.33. The molecule has 2 N–H and O–H groups in total. The fraction of sp³-hybridized carbons (Fsp3) is 0.929. The maximum Gasteiger partial charge on any atom is 0.191 e. The van der Waals surface area contributed by atoms with Crippen LogP contribution in [0.4, 0.5) is 0 Å². The molecule has 0 heterocycles. The Morgan fingerprint density at radius 1 is 1.12 bits per heavy atom. The van der Waals surface area contributed by atoms with Crippen LogP contribution in [0.3, 0.4) is 0 Å². The third kappa shape index (κ3) is 2.58. The third-order valence-corrected chi connectivity index (χ3v) is 4.81. The summed E-state index contributed by atoms with van der Waals surface area (Å²) < 4.78 is 0. The first-order chi connectivity index (χ1) is 8.25. The molecule has 0 aromatic heterocycles. The Bertz CT molecular complexity index is 303. The van der Waals surface area contributed by atoms with Gasteiger partial charge in [-0.25, -0.2) is 4.99 Å². The Morgan fingerprint density at radius 3 is 2.47 bits per heavy atom. The zero-order valence-corrected chi connectivity index (χ0v) is 10.9.